The summed E-state index contributed by atoms with van der Waals surface area (Å²) in [5.41, 5.74) is 2.36. The number of nitrogens with zero attached hydrogens (tertiary/aromatic N) is 2. The highest BCUT2D eigenvalue weighted by Crippen LogP contribution is 2.29. The number of benzene rings is 3. The molecule has 0 aliphatic heterocycles. The van der Waals surface area contributed by atoms with Gasteiger partial charge in [0.15, 0.2) is 0 Å². The van der Waals surface area contributed by atoms with E-state index in [0.29, 0.717) is 5.69 Å². The van der Waals surface area contributed by atoms with Gasteiger partial charge in [0.2, 0.25) is 21.8 Å². The Morgan fingerprint density at radius 1 is 1.00 bits per heavy atom. The summed E-state index contributed by atoms with van der Waals surface area (Å²) in [6.07, 6.45) is 5.14. The van der Waals surface area contributed by atoms with E-state index in [2.05, 4.69) is 5.32 Å². The van der Waals surface area contributed by atoms with Crippen molar-refractivity contribution >= 4 is 38.3 Å². The number of anilines is 1. The Kier molecular flexibility index (Phi) is 8.17. The van der Waals surface area contributed by atoms with Gasteiger partial charge in [-0.15, -0.1) is 0 Å². The van der Waals surface area contributed by atoms with Crippen molar-refractivity contribution in [1.82, 2.24) is 10.2 Å². The highest BCUT2D eigenvalue weighted by atomic mass is 32.2. The molecule has 1 N–H and O–H groups in total. The zero-order valence-corrected chi connectivity index (χ0v) is 22.5. The summed E-state index contributed by atoms with van der Waals surface area (Å²) in [7, 11) is -3.80. The average Bonchev–Trinajstić information content (AvgIpc) is 3.37. The SMILES string of the molecule is Cc1cccc(CN(C(=O)CN(c2cccc3ccccc23)S(C)(=O)=O)[C@@H](C)C(=O)NC2CCCC2)c1. The lowest BCUT2D eigenvalue weighted by atomic mass is 10.1. The summed E-state index contributed by atoms with van der Waals surface area (Å²) in [6, 6.07) is 20.0. The monoisotopic (exact) mass is 521 g/mol. The van der Waals surface area contributed by atoms with E-state index in [0.717, 1.165) is 58.1 Å². The molecule has 0 bridgehead atoms. The highest BCUT2D eigenvalue weighted by molar-refractivity contribution is 7.92. The number of carbonyl (C=O) groups excluding carboxylic acids is 2. The maximum atomic E-state index is 13.8. The fourth-order valence-corrected chi connectivity index (χ4v) is 5.86. The summed E-state index contributed by atoms with van der Waals surface area (Å²) in [6.45, 7) is 3.48. The van der Waals surface area contributed by atoms with Gasteiger partial charge < -0.3 is 10.2 Å². The zero-order chi connectivity index (χ0) is 26.6. The first-order valence-electron chi connectivity index (χ1n) is 12.7. The Morgan fingerprint density at radius 3 is 2.38 bits per heavy atom. The molecule has 0 saturated heterocycles. The van der Waals surface area contributed by atoms with E-state index in [-0.39, 0.29) is 18.5 Å². The molecule has 1 saturated carbocycles. The maximum Gasteiger partial charge on any atom is 0.244 e. The molecule has 1 aliphatic carbocycles. The molecular weight excluding hydrogens is 486 g/mol. The van der Waals surface area contributed by atoms with E-state index >= 15 is 0 Å². The van der Waals surface area contributed by atoms with Crippen molar-refractivity contribution < 1.29 is 18.0 Å². The van der Waals surface area contributed by atoms with Crippen molar-refractivity contribution in [3.63, 3.8) is 0 Å². The van der Waals surface area contributed by atoms with Crippen LogP contribution >= 0.6 is 0 Å². The minimum atomic E-state index is -3.80. The molecule has 3 aromatic rings. The van der Waals surface area contributed by atoms with Crippen molar-refractivity contribution in [2.45, 2.75) is 58.2 Å². The Labute approximate surface area is 219 Å². The largest absolute Gasteiger partial charge is 0.352 e. The standard InChI is InChI=1S/C29H35N3O4S/c1-21-10-8-11-23(18-21)19-31(22(2)29(34)30-25-14-5-6-15-25)28(33)20-32(37(3,35)36)27-17-9-13-24-12-4-7-16-26(24)27/h4,7-13,16-18,22,25H,5-6,14-15,19-20H2,1-3H3,(H,30,34)/t22-/m0/s1. The summed E-state index contributed by atoms with van der Waals surface area (Å²) in [5.74, 6) is -0.655. The lowest BCUT2D eigenvalue weighted by Crippen LogP contribution is -2.52. The van der Waals surface area contributed by atoms with Gasteiger partial charge in [-0.05, 0) is 43.7 Å². The maximum absolute atomic E-state index is 13.8. The van der Waals surface area contributed by atoms with Gasteiger partial charge in [-0.1, -0.05) is 79.1 Å². The Hall–Kier alpha value is -3.39. The molecule has 1 atom stereocenters. The summed E-state index contributed by atoms with van der Waals surface area (Å²) < 4.78 is 27.0. The molecule has 8 heteroatoms. The van der Waals surface area contributed by atoms with Crippen LogP contribution in [0.25, 0.3) is 10.8 Å². The minimum absolute atomic E-state index is 0.120. The molecule has 1 fully saturated rings. The van der Waals surface area contributed by atoms with E-state index in [4.69, 9.17) is 0 Å². The third kappa shape index (κ3) is 6.49. The highest BCUT2D eigenvalue weighted by Gasteiger charge is 2.31. The van der Waals surface area contributed by atoms with Crippen LogP contribution in [0.15, 0.2) is 66.7 Å². The molecule has 2 amide bonds. The Balaban J connectivity index is 1.66. The molecule has 1 aliphatic rings. The number of nitrogens with one attached hydrogen (secondary N) is 1. The smallest absolute Gasteiger partial charge is 0.244 e. The summed E-state index contributed by atoms with van der Waals surface area (Å²) >= 11 is 0. The van der Waals surface area contributed by atoms with E-state index in [9.17, 15) is 18.0 Å². The van der Waals surface area contributed by atoms with Crippen LogP contribution in [0, 0.1) is 6.92 Å². The number of aryl methyl sites for hydroxylation is 1. The second kappa shape index (κ2) is 11.3. The van der Waals surface area contributed by atoms with Gasteiger partial charge in [-0.2, -0.15) is 0 Å². The van der Waals surface area contributed by atoms with Gasteiger partial charge in [0.05, 0.1) is 11.9 Å². The van der Waals surface area contributed by atoms with Crippen molar-refractivity contribution in [1.29, 1.82) is 0 Å². The van der Waals surface area contributed by atoms with E-state index in [1.807, 2.05) is 61.5 Å². The summed E-state index contributed by atoms with van der Waals surface area (Å²) in [4.78, 5) is 28.5. The number of fused-ring (bicyclic) bond motifs is 1. The number of rotatable bonds is 9. The van der Waals surface area contributed by atoms with Crippen LogP contribution in [0.2, 0.25) is 0 Å². The van der Waals surface area contributed by atoms with Gasteiger partial charge in [-0.3, -0.25) is 13.9 Å². The third-order valence-corrected chi connectivity index (χ3v) is 8.15. The van der Waals surface area contributed by atoms with Crippen molar-refractivity contribution in [3.05, 3.63) is 77.9 Å². The average molecular weight is 522 g/mol. The molecule has 3 aromatic carbocycles. The molecule has 0 spiro atoms. The van der Waals surface area contributed by atoms with Crippen LogP contribution in [0.1, 0.15) is 43.7 Å². The summed E-state index contributed by atoms with van der Waals surface area (Å²) in [5, 5.41) is 4.70. The molecule has 0 unspecified atom stereocenters. The fraction of sp³-hybridized carbons (Fsp3) is 0.379. The first kappa shape index (κ1) is 26.7. The topological polar surface area (TPSA) is 86.8 Å². The lowest BCUT2D eigenvalue weighted by Gasteiger charge is -2.32. The Morgan fingerprint density at radius 2 is 1.68 bits per heavy atom. The minimum Gasteiger partial charge on any atom is -0.352 e. The van der Waals surface area contributed by atoms with Crippen LogP contribution in [0.3, 0.4) is 0 Å². The predicted octanol–water partition coefficient (Wildman–Crippen LogP) is 4.39. The van der Waals surface area contributed by atoms with Crippen molar-refractivity contribution in [2.24, 2.45) is 0 Å². The van der Waals surface area contributed by atoms with Crippen LogP contribution in [-0.4, -0.2) is 50.0 Å². The zero-order valence-electron chi connectivity index (χ0n) is 21.7. The first-order chi connectivity index (χ1) is 17.6. The van der Waals surface area contributed by atoms with Gasteiger partial charge in [0, 0.05) is 18.0 Å². The number of hydrogen-bond acceptors (Lipinski definition) is 4. The van der Waals surface area contributed by atoms with Crippen molar-refractivity contribution in [3.8, 4) is 0 Å². The number of sulfonamides is 1. The Bertz CT molecular complexity index is 1380. The molecule has 7 nitrogen and oxygen atoms in total. The lowest BCUT2D eigenvalue weighted by molar-refractivity contribution is -0.139. The molecule has 0 aromatic heterocycles. The second-order valence-corrected chi connectivity index (χ2v) is 11.9. The molecule has 0 heterocycles. The third-order valence-electron chi connectivity index (χ3n) is 7.02. The van der Waals surface area contributed by atoms with Crippen LogP contribution in [0.5, 0.6) is 0 Å². The van der Waals surface area contributed by atoms with Crippen molar-refractivity contribution in [2.75, 3.05) is 17.1 Å². The molecule has 4 rings (SSSR count). The normalized spacial score (nSPS) is 14.9. The number of amides is 2. The fourth-order valence-electron chi connectivity index (χ4n) is 5.00. The van der Waals surface area contributed by atoms with Crippen LogP contribution < -0.4 is 9.62 Å². The van der Waals surface area contributed by atoms with E-state index in [1.54, 1.807) is 19.1 Å². The van der Waals surface area contributed by atoms with Gasteiger partial charge in [0.25, 0.3) is 0 Å². The quantitative estimate of drug-likeness (QED) is 0.453. The molecule has 0 radical (unpaired) electrons. The van der Waals surface area contributed by atoms with E-state index < -0.39 is 28.5 Å². The van der Waals surface area contributed by atoms with Crippen LogP contribution in [-0.2, 0) is 26.2 Å². The predicted molar refractivity (Wildman–Crippen MR) is 148 cm³/mol. The van der Waals surface area contributed by atoms with Crippen LogP contribution in [0.4, 0.5) is 5.69 Å². The molecular formula is C29H35N3O4S. The molecule has 37 heavy (non-hydrogen) atoms. The van der Waals surface area contributed by atoms with Gasteiger partial charge >= 0.3 is 0 Å². The van der Waals surface area contributed by atoms with Gasteiger partial charge in [0.1, 0.15) is 12.6 Å². The number of carbonyl (C=O) groups is 2. The molecule has 196 valence electrons. The number of hydrogen-bond donors (Lipinski definition) is 1. The second-order valence-electron chi connectivity index (χ2n) is 9.94. The van der Waals surface area contributed by atoms with E-state index in [1.165, 1.54) is 4.90 Å². The first-order valence-corrected chi connectivity index (χ1v) is 14.6. The van der Waals surface area contributed by atoms with Gasteiger partial charge in [-0.25, -0.2) is 8.42 Å².